The van der Waals surface area contributed by atoms with Crippen molar-refractivity contribution in [3.05, 3.63) is 159 Å². The van der Waals surface area contributed by atoms with Crippen LogP contribution in [0, 0.1) is 19.8 Å². The Morgan fingerprint density at radius 2 is 1.11 bits per heavy atom. The first-order valence-corrected chi connectivity index (χ1v) is 22.3. The molecule has 0 radical (unpaired) electrons. The van der Waals surface area contributed by atoms with Gasteiger partial charge in [-0.25, -0.2) is 0 Å². The molecular formula is C51H64N10O3+2. The summed E-state index contributed by atoms with van der Waals surface area (Å²) in [6.45, 7) is 11.0. The van der Waals surface area contributed by atoms with Crippen LogP contribution in [-0.2, 0) is 13.1 Å². The Morgan fingerprint density at radius 1 is 0.625 bits per heavy atom. The van der Waals surface area contributed by atoms with Gasteiger partial charge < -0.3 is 19.1 Å². The fourth-order valence-electron chi connectivity index (χ4n) is 8.30. The lowest BCUT2D eigenvalue weighted by molar-refractivity contribution is -0.597. The van der Waals surface area contributed by atoms with Crippen molar-refractivity contribution in [3.63, 3.8) is 0 Å². The molecule has 0 amide bonds. The molecule has 1 unspecified atom stereocenters. The third-order valence-electron chi connectivity index (χ3n) is 11.8. The van der Waals surface area contributed by atoms with Gasteiger partial charge in [-0.05, 0) is 109 Å². The van der Waals surface area contributed by atoms with Gasteiger partial charge in [-0.3, -0.25) is 14.2 Å². The van der Waals surface area contributed by atoms with Gasteiger partial charge in [-0.2, -0.15) is 19.4 Å². The molecule has 1 atom stereocenters. The van der Waals surface area contributed by atoms with Gasteiger partial charge in [0.25, 0.3) is 22.7 Å². The minimum Gasteiger partial charge on any atom is -0.477 e. The second kappa shape index (κ2) is 22.3. The van der Waals surface area contributed by atoms with Gasteiger partial charge in [0.2, 0.25) is 5.69 Å². The maximum atomic E-state index is 14.1. The Bertz CT molecular complexity index is 2630. The Kier molecular flexibility index (Phi) is 16.4. The zero-order valence-electron chi connectivity index (χ0n) is 39.0. The Labute approximate surface area is 377 Å². The number of methoxy groups -OCH3 is 1. The van der Waals surface area contributed by atoms with Crippen LogP contribution in [0.5, 0.6) is 5.88 Å². The van der Waals surface area contributed by atoms with Gasteiger partial charge >= 0.3 is 0 Å². The van der Waals surface area contributed by atoms with Crippen LogP contribution in [0.25, 0.3) is 11.4 Å². The number of benzene rings is 2. The van der Waals surface area contributed by atoms with E-state index < -0.39 is 0 Å². The summed E-state index contributed by atoms with van der Waals surface area (Å²) in [5.74, 6) is 0.989. The van der Waals surface area contributed by atoms with Gasteiger partial charge in [-0.1, -0.05) is 63.1 Å². The van der Waals surface area contributed by atoms with Gasteiger partial charge in [0.05, 0.1) is 35.8 Å². The number of pyridine rings is 4. The number of hydrogen-bond acceptors (Lipinski definition) is 9. The average Bonchev–Trinajstić information content (AvgIpc) is 3.30. The number of aryl methyl sites for hydroxylation is 1. The normalized spacial score (nSPS) is 12.4. The molecule has 4 heterocycles. The number of ether oxygens (including phenoxy) is 1. The molecule has 0 aliphatic carbocycles. The summed E-state index contributed by atoms with van der Waals surface area (Å²) in [6.07, 6.45) is 13.3. The number of hydrogen-bond donors (Lipinski definition) is 0. The first kappa shape index (κ1) is 47.0. The SMILES string of the molecule is CCC(CC)C(c1ccc(/N=N/c2c(C)c(-[n+]3ccccc3)cn(CCCN(C)C)c2=O)cc1)c1ccc(/N=N/c2c(C)c(-[n+]3ccccc3)c(OC)n(CCCN(C)C)c2=O)cc1. The first-order chi connectivity index (χ1) is 30.9. The minimum atomic E-state index is -0.243. The van der Waals surface area contributed by atoms with E-state index in [1.165, 1.54) is 5.56 Å². The summed E-state index contributed by atoms with van der Waals surface area (Å²) in [7, 11) is 9.70. The summed E-state index contributed by atoms with van der Waals surface area (Å²) in [4.78, 5) is 32.1. The number of aromatic nitrogens is 4. The molecule has 13 heteroatoms. The second-order valence-electron chi connectivity index (χ2n) is 16.8. The summed E-state index contributed by atoms with van der Waals surface area (Å²) in [6, 6.07) is 28.1. The van der Waals surface area contributed by atoms with Crippen LogP contribution in [0.15, 0.2) is 146 Å². The molecule has 0 aliphatic rings. The van der Waals surface area contributed by atoms with Crippen molar-refractivity contribution in [2.75, 3.05) is 48.4 Å². The van der Waals surface area contributed by atoms with Crippen molar-refractivity contribution in [2.24, 2.45) is 26.4 Å². The molecule has 0 fully saturated rings. The average molecular weight is 865 g/mol. The monoisotopic (exact) mass is 865 g/mol. The predicted octanol–water partition coefficient (Wildman–Crippen LogP) is 9.49. The smallest absolute Gasteiger partial charge is 0.281 e. The van der Waals surface area contributed by atoms with Crippen molar-refractivity contribution in [3.8, 4) is 17.3 Å². The van der Waals surface area contributed by atoms with E-state index in [0.717, 1.165) is 61.3 Å². The molecule has 0 spiro atoms. The molecule has 0 N–H and O–H groups in total. The summed E-state index contributed by atoms with van der Waals surface area (Å²) in [5.41, 5.74) is 6.93. The maximum Gasteiger partial charge on any atom is 0.281 e. The summed E-state index contributed by atoms with van der Waals surface area (Å²) < 4.78 is 13.3. The molecule has 2 aromatic carbocycles. The maximum absolute atomic E-state index is 14.1. The van der Waals surface area contributed by atoms with E-state index in [0.29, 0.717) is 47.5 Å². The van der Waals surface area contributed by atoms with Gasteiger partial charge in [0, 0.05) is 43.3 Å². The molecular weight excluding hydrogens is 801 g/mol. The minimum absolute atomic E-state index is 0.117. The fourth-order valence-corrected chi connectivity index (χ4v) is 8.30. The van der Waals surface area contributed by atoms with Crippen LogP contribution in [0.1, 0.15) is 67.7 Å². The van der Waals surface area contributed by atoms with E-state index in [1.807, 2.05) is 143 Å². The Morgan fingerprint density at radius 3 is 1.59 bits per heavy atom. The molecule has 64 heavy (non-hydrogen) atoms. The second-order valence-corrected chi connectivity index (χ2v) is 16.8. The van der Waals surface area contributed by atoms with Crippen LogP contribution >= 0.6 is 0 Å². The highest BCUT2D eigenvalue weighted by molar-refractivity contribution is 5.57. The lowest BCUT2D eigenvalue weighted by atomic mass is 9.78. The van der Waals surface area contributed by atoms with Crippen LogP contribution < -0.4 is 25.0 Å². The van der Waals surface area contributed by atoms with Crippen LogP contribution in [-0.4, -0.2) is 67.3 Å². The number of rotatable bonds is 20. The third-order valence-corrected chi connectivity index (χ3v) is 11.8. The molecule has 0 saturated carbocycles. The summed E-state index contributed by atoms with van der Waals surface area (Å²) in [5, 5.41) is 18.4. The summed E-state index contributed by atoms with van der Waals surface area (Å²) >= 11 is 0. The van der Waals surface area contributed by atoms with Crippen LogP contribution in [0.4, 0.5) is 22.7 Å². The van der Waals surface area contributed by atoms with Gasteiger partial charge in [0.15, 0.2) is 36.2 Å². The third kappa shape index (κ3) is 11.2. The van der Waals surface area contributed by atoms with Crippen molar-refractivity contribution in [1.29, 1.82) is 0 Å². The lowest BCUT2D eigenvalue weighted by Crippen LogP contribution is -2.35. The highest BCUT2D eigenvalue weighted by Crippen LogP contribution is 2.38. The molecule has 6 rings (SSSR count). The molecule has 0 bridgehead atoms. The van der Waals surface area contributed by atoms with E-state index in [2.05, 4.69) is 68.4 Å². The van der Waals surface area contributed by atoms with E-state index in [9.17, 15) is 9.59 Å². The first-order valence-electron chi connectivity index (χ1n) is 22.3. The number of nitrogens with zero attached hydrogens (tertiary/aromatic N) is 10. The van der Waals surface area contributed by atoms with E-state index >= 15 is 0 Å². The zero-order chi connectivity index (χ0) is 45.8. The van der Waals surface area contributed by atoms with Gasteiger partial charge in [0.1, 0.15) is 0 Å². The predicted molar refractivity (Wildman–Crippen MR) is 254 cm³/mol. The van der Waals surface area contributed by atoms with Crippen LogP contribution in [0.2, 0.25) is 0 Å². The zero-order valence-corrected chi connectivity index (χ0v) is 39.0. The highest BCUT2D eigenvalue weighted by atomic mass is 16.5. The van der Waals surface area contributed by atoms with Crippen molar-refractivity contribution < 1.29 is 13.9 Å². The highest BCUT2D eigenvalue weighted by Gasteiger charge is 2.28. The van der Waals surface area contributed by atoms with E-state index in [-0.39, 0.29) is 22.7 Å². The number of azo groups is 2. The van der Waals surface area contributed by atoms with Crippen molar-refractivity contribution in [2.45, 2.75) is 72.4 Å². The topological polar surface area (TPSA) is 117 Å². The molecule has 6 aromatic rings. The molecule has 0 aliphatic heterocycles. The van der Waals surface area contributed by atoms with Crippen molar-refractivity contribution in [1.82, 2.24) is 18.9 Å². The molecule has 0 saturated heterocycles. The molecule has 4 aromatic heterocycles. The molecule has 13 nitrogen and oxygen atoms in total. The Balaban J connectivity index is 1.29. The Hall–Kier alpha value is -6.44. The lowest BCUT2D eigenvalue weighted by Gasteiger charge is -2.26. The van der Waals surface area contributed by atoms with E-state index in [1.54, 1.807) is 16.2 Å². The largest absolute Gasteiger partial charge is 0.477 e. The standard InChI is InChI=1S/C51H64N10O3/c1-10-39(11-2)45(40-20-24-42(25-21-40)52-54-46-37(3)44(58-30-14-12-15-31-58)36-60(49(46)62)34-18-28-56(5)6)41-22-26-43(27-23-41)53-55-47-38(4)48(59-32-16-13-17-33-59)51(64-9)61(50(47)63)35-19-29-57(7)8/h12-17,20-27,30-33,36,39,45H,10-11,18-19,28-29,34-35H2,1-9H3/q+2/b54-52+,55-53+. The van der Waals surface area contributed by atoms with Crippen LogP contribution in [0.3, 0.4) is 0 Å². The fraction of sp³-hybridized carbons (Fsp3) is 0.373. The molecule has 334 valence electrons. The van der Waals surface area contributed by atoms with E-state index in [4.69, 9.17) is 4.74 Å². The van der Waals surface area contributed by atoms with Crippen molar-refractivity contribution >= 4 is 22.7 Å². The quantitative estimate of drug-likeness (QED) is 0.0560. The van der Waals surface area contributed by atoms with Gasteiger partial charge in [-0.15, -0.1) is 10.2 Å².